The fraction of sp³-hybridized carbons (Fsp3) is 0.625. The maximum absolute atomic E-state index is 10.6. The van der Waals surface area contributed by atoms with Crippen LogP contribution in [0.3, 0.4) is 0 Å². The van der Waals surface area contributed by atoms with Crippen LogP contribution in [0.2, 0.25) is 0 Å². The minimum absolute atomic E-state index is 0.359. The molecule has 3 N–H and O–H groups in total. The maximum Gasteiger partial charge on any atom is 0.484 e. The second kappa shape index (κ2) is 3.94. The molecule has 5 heteroatoms. The SMILES string of the molecule is CC1=C(B(O)O)CCC(C(=O)O)C1. The average molecular weight is 184 g/mol. The molecule has 0 radical (unpaired) electrons. The molecular formula is C8H13BO4. The largest absolute Gasteiger partial charge is 0.484 e. The zero-order chi connectivity index (χ0) is 10.0. The molecule has 72 valence electrons. The van der Waals surface area contributed by atoms with Gasteiger partial charge in [0, 0.05) is 0 Å². The molecule has 0 saturated heterocycles. The summed E-state index contributed by atoms with van der Waals surface area (Å²) in [6.07, 6.45) is 1.41. The molecule has 1 aliphatic rings. The van der Waals surface area contributed by atoms with Crippen molar-refractivity contribution in [3.8, 4) is 0 Å². The van der Waals surface area contributed by atoms with E-state index < -0.39 is 13.1 Å². The molecule has 4 nitrogen and oxygen atoms in total. The van der Waals surface area contributed by atoms with E-state index in [1.165, 1.54) is 0 Å². The van der Waals surface area contributed by atoms with Gasteiger partial charge in [0.1, 0.15) is 0 Å². The summed E-state index contributed by atoms with van der Waals surface area (Å²) in [7, 11) is -1.42. The molecule has 1 aliphatic carbocycles. The average Bonchev–Trinajstić information content (AvgIpc) is 2.03. The van der Waals surface area contributed by atoms with Crippen molar-refractivity contribution in [2.75, 3.05) is 0 Å². The number of hydrogen-bond donors (Lipinski definition) is 3. The topological polar surface area (TPSA) is 77.8 Å². The van der Waals surface area contributed by atoms with E-state index >= 15 is 0 Å². The summed E-state index contributed by atoms with van der Waals surface area (Å²) in [4.78, 5) is 10.6. The molecule has 1 rings (SSSR count). The zero-order valence-corrected chi connectivity index (χ0v) is 7.53. The van der Waals surface area contributed by atoms with Gasteiger partial charge in [0.05, 0.1) is 5.92 Å². The van der Waals surface area contributed by atoms with Gasteiger partial charge in [-0.3, -0.25) is 4.79 Å². The normalized spacial score (nSPS) is 23.2. The Hall–Kier alpha value is -0.805. The number of rotatable bonds is 2. The summed E-state index contributed by atoms with van der Waals surface area (Å²) in [6, 6.07) is 0. The summed E-state index contributed by atoms with van der Waals surface area (Å²) in [5.41, 5.74) is 1.38. The summed E-state index contributed by atoms with van der Waals surface area (Å²) in [5.74, 6) is -1.16. The van der Waals surface area contributed by atoms with Crippen molar-refractivity contribution < 1.29 is 19.9 Å². The number of carboxylic acids is 1. The van der Waals surface area contributed by atoms with Gasteiger partial charge in [-0.1, -0.05) is 5.57 Å². The highest BCUT2D eigenvalue weighted by atomic mass is 16.4. The molecular weight excluding hydrogens is 171 g/mol. The Balaban J connectivity index is 2.72. The summed E-state index contributed by atoms with van der Waals surface area (Å²) >= 11 is 0. The number of hydrogen-bond acceptors (Lipinski definition) is 3. The second-order valence-electron chi connectivity index (χ2n) is 3.46. The van der Waals surface area contributed by atoms with Crippen molar-refractivity contribution in [2.24, 2.45) is 5.92 Å². The Kier molecular flexibility index (Phi) is 3.11. The third kappa shape index (κ3) is 2.32. The molecule has 1 atom stereocenters. The first-order valence-electron chi connectivity index (χ1n) is 4.30. The van der Waals surface area contributed by atoms with Gasteiger partial charge in [-0.05, 0) is 31.7 Å². The van der Waals surface area contributed by atoms with Crippen LogP contribution in [0.4, 0.5) is 0 Å². The van der Waals surface area contributed by atoms with Crippen LogP contribution in [0.15, 0.2) is 11.0 Å². The van der Waals surface area contributed by atoms with Crippen molar-refractivity contribution >= 4 is 13.1 Å². The van der Waals surface area contributed by atoms with Crippen LogP contribution in [0.5, 0.6) is 0 Å². The van der Waals surface area contributed by atoms with Gasteiger partial charge < -0.3 is 15.2 Å². The van der Waals surface area contributed by atoms with E-state index in [0.29, 0.717) is 24.7 Å². The van der Waals surface area contributed by atoms with Gasteiger partial charge in [0.2, 0.25) is 0 Å². The fourth-order valence-corrected chi connectivity index (χ4v) is 1.71. The van der Waals surface area contributed by atoms with Gasteiger partial charge in [0.25, 0.3) is 0 Å². The Labute approximate surface area is 77.0 Å². The lowest BCUT2D eigenvalue weighted by atomic mass is 9.68. The Morgan fingerprint density at radius 2 is 2.15 bits per heavy atom. The van der Waals surface area contributed by atoms with E-state index in [1.54, 1.807) is 6.92 Å². The molecule has 0 aromatic heterocycles. The standard InChI is InChI=1S/C8H13BO4/c1-5-4-6(8(10)11)2-3-7(5)9(12)13/h6,12-13H,2-4H2,1H3,(H,10,11). The molecule has 0 amide bonds. The number of carboxylic acid groups (broad SMARTS) is 1. The molecule has 0 fully saturated rings. The van der Waals surface area contributed by atoms with Gasteiger partial charge >= 0.3 is 13.1 Å². The highest BCUT2D eigenvalue weighted by molar-refractivity contribution is 6.50. The first-order valence-corrected chi connectivity index (χ1v) is 4.30. The van der Waals surface area contributed by atoms with Crippen LogP contribution in [-0.2, 0) is 4.79 Å². The highest BCUT2D eigenvalue weighted by Crippen LogP contribution is 2.29. The van der Waals surface area contributed by atoms with Crippen LogP contribution in [0.1, 0.15) is 26.2 Å². The summed E-state index contributed by atoms with van der Waals surface area (Å²) in [5, 5.41) is 26.6. The van der Waals surface area contributed by atoms with E-state index in [-0.39, 0.29) is 5.92 Å². The molecule has 0 spiro atoms. The zero-order valence-electron chi connectivity index (χ0n) is 7.53. The third-order valence-electron chi connectivity index (χ3n) is 2.52. The lowest BCUT2D eigenvalue weighted by molar-refractivity contribution is -0.142. The lowest BCUT2D eigenvalue weighted by Crippen LogP contribution is -2.25. The summed E-state index contributed by atoms with van der Waals surface area (Å²) < 4.78 is 0. The molecule has 1 unspecified atom stereocenters. The number of carbonyl (C=O) groups is 1. The number of aliphatic carboxylic acids is 1. The minimum Gasteiger partial charge on any atom is -0.481 e. The highest BCUT2D eigenvalue weighted by Gasteiger charge is 2.28. The number of allylic oxidation sites excluding steroid dienone is 2. The smallest absolute Gasteiger partial charge is 0.481 e. The molecule has 0 aromatic rings. The Bertz CT molecular complexity index is 247. The van der Waals surface area contributed by atoms with Crippen molar-refractivity contribution in [1.29, 1.82) is 0 Å². The van der Waals surface area contributed by atoms with Crippen molar-refractivity contribution in [1.82, 2.24) is 0 Å². The monoisotopic (exact) mass is 184 g/mol. The molecule has 0 heterocycles. The van der Waals surface area contributed by atoms with Crippen molar-refractivity contribution in [3.63, 3.8) is 0 Å². The van der Waals surface area contributed by atoms with E-state index in [4.69, 9.17) is 15.2 Å². The van der Waals surface area contributed by atoms with E-state index in [9.17, 15) is 4.79 Å². The van der Waals surface area contributed by atoms with Crippen LogP contribution in [0, 0.1) is 5.92 Å². The van der Waals surface area contributed by atoms with E-state index in [1.807, 2.05) is 0 Å². The molecule has 0 aromatic carbocycles. The quantitative estimate of drug-likeness (QED) is 0.535. The molecule has 0 saturated carbocycles. The van der Waals surface area contributed by atoms with Crippen LogP contribution in [0.25, 0.3) is 0 Å². The maximum atomic E-state index is 10.6. The van der Waals surface area contributed by atoms with Crippen LogP contribution >= 0.6 is 0 Å². The summed E-state index contributed by atoms with van der Waals surface area (Å²) in [6.45, 7) is 1.75. The van der Waals surface area contributed by atoms with Gasteiger partial charge in [-0.15, -0.1) is 0 Å². The predicted octanol–water partition coefficient (Wildman–Crippen LogP) is 0.200. The van der Waals surface area contributed by atoms with Gasteiger partial charge in [-0.25, -0.2) is 0 Å². The Morgan fingerprint density at radius 1 is 1.54 bits per heavy atom. The van der Waals surface area contributed by atoms with E-state index in [2.05, 4.69) is 0 Å². The second-order valence-corrected chi connectivity index (χ2v) is 3.46. The molecule has 0 bridgehead atoms. The first-order chi connectivity index (χ1) is 6.02. The molecule has 0 aliphatic heterocycles. The minimum atomic E-state index is -1.42. The van der Waals surface area contributed by atoms with Gasteiger partial charge in [0.15, 0.2) is 0 Å². The lowest BCUT2D eigenvalue weighted by Gasteiger charge is -2.22. The molecule has 13 heavy (non-hydrogen) atoms. The van der Waals surface area contributed by atoms with Crippen LogP contribution in [-0.4, -0.2) is 28.2 Å². The first kappa shape index (κ1) is 10.3. The third-order valence-corrected chi connectivity index (χ3v) is 2.52. The van der Waals surface area contributed by atoms with Crippen LogP contribution < -0.4 is 0 Å². The van der Waals surface area contributed by atoms with Crippen molar-refractivity contribution in [2.45, 2.75) is 26.2 Å². The Morgan fingerprint density at radius 3 is 2.54 bits per heavy atom. The van der Waals surface area contributed by atoms with Gasteiger partial charge in [-0.2, -0.15) is 0 Å². The predicted molar refractivity (Wildman–Crippen MR) is 47.9 cm³/mol. The van der Waals surface area contributed by atoms with Crippen molar-refractivity contribution in [3.05, 3.63) is 11.0 Å². The fourth-order valence-electron chi connectivity index (χ4n) is 1.71. The van der Waals surface area contributed by atoms with E-state index in [0.717, 1.165) is 5.57 Å².